The van der Waals surface area contributed by atoms with E-state index in [1.54, 1.807) is 0 Å². The van der Waals surface area contributed by atoms with Crippen LogP contribution in [0, 0.1) is 0 Å². The lowest BCUT2D eigenvalue weighted by Crippen LogP contribution is -2.37. The van der Waals surface area contributed by atoms with Gasteiger partial charge in [-0.05, 0) is 83.5 Å². The van der Waals surface area contributed by atoms with E-state index in [0.717, 1.165) is 64.2 Å². The number of hydrogen-bond donors (Lipinski definition) is 1. The molecule has 0 aromatic heterocycles. The summed E-state index contributed by atoms with van der Waals surface area (Å²) in [5, 5.41) is 0. The molecule has 0 rings (SSSR count). The SMILES string of the molecule is CCCCC/C=C\C/C=C\C/C=C\C/C=C\CCCC(=O)OCC(COP(=O)(O)OCC[N+](C)(C)C)OC(=O)CCCCCCC/C=C\C/C=C\CCCCC. The first kappa shape index (κ1) is 53.5. The Kier molecular flexibility index (Phi) is 36.3. The number of carbonyl (C=O) groups is 2. The molecular formula is C46H81NO8P+. The maximum Gasteiger partial charge on any atom is 0.472 e. The fraction of sp³-hybridized carbons (Fsp3) is 0.696. The second-order valence-electron chi connectivity index (χ2n) is 15.4. The Morgan fingerprint density at radius 3 is 1.48 bits per heavy atom. The molecule has 0 aromatic rings. The lowest BCUT2D eigenvalue weighted by Gasteiger charge is -2.24. The highest BCUT2D eigenvalue weighted by Crippen LogP contribution is 2.43. The van der Waals surface area contributed by atoms with Gasteiger partial charge in [0.05, 0.1) is 27.7 Å². The van der Waals surface area contributed by atoms with Gasteiger partial charge < -0.3 is 18.9 Å². The third-order valence-electron chi connectivity index (χ3n) is 8.71. The second-order valence-corrected chi connectivity index (χ2v) is 16.8. The van der Waals surface area contributed by atoms with Crippen molar-refractivity contribution in [2.24, 2.45) is 0 Å². The van der Waals surface area contributed by atoms with Gasteiger partial charge in [-0.2, -0.15) is 0 Å². The standard InChI is InChI=1S/C46H80NO8P/c1-6-8-10-12-14-16-18-20-22-23-25-26-28-30-32-34-36-38-45(48)52-42-44(43-54-56(50,51)53-41-40-47(3,4)5)55-46(49)39-37-35-33-31-29-27-24-21-19-17-15-13-11-9-7-2/h14-17,20-22,24-26,30,32,44H,6-13,18-19,23,27-29,31,33-43H2,1-5H3/p+1/b16-14-,17-15-,22-20-,24-21-,26-25-,32-30-. The molecule has 0 spiro atoms. The Labute approximate surface area is 342 Å². The summed E-state index contributed by atoms with van der Waals surface area (Å²) in [6, 6.07) is 0. The molecule has 0 fully saturated rings. The van der Waals surface area contributed by atoms with Crippen molar-refractivity contribution >= 4 is 19.8 Å². The predicted octanol–water partition coefficient (Wildman–Crippen LogP) is 12.2. The van der Waals surface area contributed by atoms with Crippen LogP contribution in [-0.4, -0.2) is 74.9 Å². The van der Waals surface area contributed by atoms with Crippen LogP contribution in [-0.2, 0) is 32.7 Å². The van der Waals surface area contributed by atoms with E-state index in [4.69, 9.17) is 18.5 Å². The van der Waals surface area contributed by atoms with E-state index in [2.05, 4.69) is 86.8 Å². The van der Waals surface area contributed by atoms with Crippen LogP contribution in [0.15, 0.2) is 72.9 Å². The van der Waals surface area contributed by atoms with Gasteiger partial charge in [0.15, 0.2) is 6.10 Å². The molecule has 322 valence electrons. The number of phosphoric acid groups is 1. The quantitative estimate of drug-likeness (QED) is 0.0216. The summed E-state index contributed by atoms with van der Waals surface area (Å²) in [7, 11) is 1.43. The summed E-state index contributed by atoms with van der Waals surface area (Å²) >= 11 is 0. The van der Waals surface area contributed by atoms with Gasteiger partial charge in [-0.3, -0.25) is 18.6 Å². The molecule has 0 aliphatic carbocycles. The van der Waals surface area contributed by atoms with Crippen molar-refractivity contribution in [1.82, 2.24) is 0 Å². The Bertz CT molecular complexity index is 1180. The van der Waals surface area contributed by atoms with Gasteiger partial charge in [-0.25, -0.2) is 4.57 Å². The number of likely N-dealkylation sites (N-methyl/N-ethyl adjacent to an activating group) is 1. The maximum absolute atomic E-state index is 12.7. The lowest BCUT2D eigenvalue weighted by molar-refractivity contribution is -0.870. The van der Waals surface area contributed by atoms with E-state index in [0.29, 0.717) is 23.9 Å². The number of carbonyl (C=O) groups excluding carboxylic acids is 2. The molecular weight excluding hydrogens is 725 g/mol. The van der Waals surface area contributed by atoms with E-state index in [1.165, 1.54) is 51.4 Å². The van der Waals surface area contributed by atoms with Crippen molar-refractivity contribution in [3.05, 3.63) is 72.9 Å². The number of ether oxygens (including phenoxy) is 2. The molecule has 0 amide bonds. The van der Waals surface area contributed by atoms with Crippen LogP contribution in [0.1, 0.15) is 155 Å². The monoisotopic (exact) mass is 807 g/mol. The smallest absolute Gasteiger partial charge is 0.462 e. The number of phosphoric ester groups is 1. The van der Waals surface area contributed by atoms with Crippen molar-refractivity contribution in [3.8, 4) is 0 Å². The fourth-order valence-corrected chi connectivity index (χ4v) is 6.01. The Morgan fingerprint density at radius 2 is 0.982 bits per heavy atom. The molecule has 56 heavy (non-hydrogen) atoms. The van der Waals surface area contributed by atoms with Gasteiger partial charge in [0.25, 0.3) is 0 Å². The molecule has 2 unspecified atom stereocenters. The molecule has 0 saturated carbocycles. The minimum absolute atomic E-state index is 0.0168. The van der Waals surface area contributed by atoms with E-state index in [-0.39, 0.29) is 26.1 Å². The zero-order chi connectivity index (χ0) is 41.4. The van der Waals surface area contributed by atoms with Gasteiger partial charge >= 0.3 is 19.8 Å². The normalized spacial score (nSPS) is 14.3. The molecule has 1 N–H and O–H groups in total. The Morgan fingerprint density at radius 1 is 0.554 bits per heavy atom. The van der Waals surface area contributed by atoms with Gasteiger partial charge in [-0.15, -0.1) is 0 Å². The zero-order valence-electron chi connectivity index (χ0n) is 36.1. The van der Waals surface area contributed by atoms with E-state index in [1.807, 2.05) is 21.1 Å². The van der Waals surface area contributed by atoms with Crippen LogP contribution >= 0.6 is 7.82 Å². The Balaban J connectivity index is 4.51. The van der Waals surface area contributed by atoms with Gasteiger partial charge in [0.1, 0.15) is 19.8 Å². The van der Waals surface area contributed by atoms with Gasteiger partial charge in [-0.1, -0.05) is 132 Å². The van der Waals surface area contributed by atoms with Crippen molar-refractivity contribution in [2.45, 2.75) is 161 Å². The molecule has 2 atom stereocenters. The van der Waals surface area contributed by atoms with E-state index < -0.39 is 32.5 Å². The lowest BCUT2D eigenvalue weighted by atomic mass is 10.1. The maximum atomic E-state index is 12.7. The van der Waals surface area contributed by atoms with Crippen molar-refractivity contribution in [1.29, 1.82) is 0 Å². The third kappa shape index (κ3) is 41.1. The minimum Gasteiger partial charge on any atom is -0.462 e. The largest absolute Gasteiger partial charge is 0.472 e. The summed E-state index contributed by atoms with van der Waals surface area (Å²) in [4.78, 5) is 35.3. The first-order valence-electron chi connectivity index (χ1n) is 21.7. The van der Waals surface area contributed by atoms with Gasteiger partial charge in [0, 0.05) is 12.8 Å². The van der Waals surface area contributed by atoms with Crippen LogP contribution < -0.4 is 0 Å². The Hall–Kier alpha value is -2.55. The molecule has 0 aliphatic rings. The number of esters is 2. The number of nitrogens with zero attached hydrogens (tertiary/aromatic N) is 1. The molecule has 10 heteroatoms. The highest BCUT2D eigenvalue weighted by molar-refractivity contribution is 7.47. The molecule has 0 bridgehead atoms. The molecule has 0 heterocycles. The highest BCUT2D eigenvalue weighted by Gasteiger charge is 2.27. The first-order valence-corrected chi connectivity index (χ1v) is 23.2. The van der Waals surface area contributed by atoms with Crippen molar-refractivity contribution in [3.63, 3.8) is 0 Å². The van der Waals surface area contributed by atoms with Crippen LogP contribution in [0.5, 0.6) is 0 Å². The summed E-state index contributed by atoms with van der Waals surface area (Å²) in [6.45, 7) is 4.26. The number of allylic oxidation sites excluding steroid dienone is 12. The van der Waals surface area contributed by atoms with E-state index in [9.17, 15) is 19.0 Å². The van der Waals surface area contributed by atoms with Gasteiger partial charge in [0.2, 0.25) is 0 Å². The summed E-state index contributed by atoms with van der Waals surface area (Å²) < 4.78 is 34.2. The topological polar surface area (TPSA) is 108 Å². The zero-order valence-corrected chi connectivity index (χ0v) is 37.0. The number of hydrogen-bond acceptors (Lipinski definition) is 7. The average Bonchev–Trinajstić information content (AvgIpc) is 3.15. The summed E-state index contributed by atoms with van der Waals surface area (Å²) in [6.07, 6.45) is 46.7. The predicted molar refractivity (Wildman–Crippen MR) is 233 cm³/mol. The third-order valence-corrected chi connectivity index (χ3v) is 9.69. The van der Waals surface area contributed by atoms with E-state index >= 15 is 0 Å². The van der Waals surface area contributed by atoms with Crippen molar-refractivity contribution in [2.75, 3.05) is 47.5 Å². The molecule has 0 saturated heterocycles. The minimum atomic E-state index is -4.39. The first-order chi connectivity index (χ1) is 27.0. The summed E-state index contributed by atoms with van der Waals surface area (Å²) in [5.74, 6) is -0.887. The highest BCUT2D eigenvalue weighted by atomic mass is 31.2. The number of unbranched alkanes of at least 4 members (excludes halogenated alkanes) is 12. The van der Waals surface area contributed by atoms with Crippen LogP contribution in [0.4, 0.5) is 0 Å². The van der Waals surface area contributed by atoms with Crippen LogP contribution in [0.3, 0.4) is 0 Å². The second kappa shape index (κ2) is 38.0. The van der Waals surface area contributed by atoms with Crippen LogP contribution in [0.2, 0.25) is 0 Å². The average molecular weight is 807 g/mol. The fourth-order valence-electron chi connectivity index (χ4n) is 5.27. The van der Waals surface area contributed by atoms with Crippen molar-refractivity contribution < 1.29 is 42.1 Å². The molecule has 0 aliphatic heterocycles. The molecule has 0 radical (unpaired) electrons. The number of quaternary nitrogens is 1. The number of rotatable bonds is 38. The molecule has 0 aromatic carbocycles. The van der Waals surface area contributed by atoms with Crippen LogP contribution in [0.25, 0.3) is 0 Å². The molecule has 9 nitrogen and oxygen atoms in total. The summed E-state index contributed by atoms with van der Waals surface area (Å²) in [5.41, 5.74) is 0.